The lowest BCUT2D eigenvalue weighted by Crippen LogP contribution is -2.23. The third-order valence-corrected chi connectivity index (χ3v) is 3.03. The second kappa shape index (κ2) is 6.57. The Morgan fingerprint density at radius 3 is 3.06 bits per heavy atom. The number of halogens is 1. The number of imidazole rings is 1. The number of benzene rings is 1. The lowest BCUT2D eigenvalue weighted by molar-refractivity contribution is 0.445. The molecule has 18 heavy (non-hydrogen) atoms. The molecule has 3 nitrogen and oxygen atoms in total. The van der Waals surface area contributed by atoms with Gasteiger partial charge in [0.05, 0.1) is 6.33 Å². The summed E-state index contributed by atoms with van der Waals surface area (Å²) >= 11 is 5.94. The smallest absolute Gasteiger partial charge is 0.0946 e. The summed E-state index contributed by atoms with van der Waals surface area (Å²) in [7, 11) is 0. The van der Waals surface area contributed by atoms with E-state index < -0.39 is 0 Å². The first-order chi connectivity index (χ1) is 8.74. The predicted molar refractivity (Wildman–Crippen MR) is 74.5 cm³/mol. The molecule has 2 aromatic rings. The Morgan fingerprint density at radius 2 is 2.33 bits per heavy atom. The number of rotatable bonds is 6. The molecule has 0 aliphatic heterocycles. The van der Waals surface area contributed by atoms with Crippen LogP contribution < -0.4 is 5.32 Å². The molecule has 1 aromatic heterocycles. The minimum absolute atomic E-state index is 0.568. The van der Waals surface area contributed by atoms with Crippen LogP contribution in [0.2, 0.25) is 5.02 Å². The molecule has 0 amide bonds. The van der Waals surface area contributed by atoms with Crippen molar-refractivity contribution in [2.75, 3.05) is 6.54 Å². The zero-order valence-electron chi connectivity index (χ0n) is 10.5. The van der Waals surface area contributed by atoms with Crippen LogP contribution in [0.1, 0.15) is 12.5 Å². The van der Waals surface area contributed by atoms with Crippen LogP contribution in [0.3, 0.4) is 0 Å². The molecule has 1 aromatic carbocycles. The largest absolute Gasteiger partial charge is 0.337 e. The summed E-state index contributed by atoms with van der Waals surface area (Å²) in [4.78, 5) is 4.04. The van der Waals surface area contributed by atoms with Crippen molar-refractivity contribution in [3.63, 3.8) is 0 Å². The van der Waals surface area contributed by atoms with Gasteiger partial charge in [-0.05, 0) is 30.2 Å². The van der Waals surface area contributed by atoms with Crippen LogP contribution in [-0.2, 0) is 13.1 Å². The van der Waals surface area contributed by atoms with E-state index in [0.717, 1.165) is 24.7 Å². The number of hydrogen-bond acceptors (Lipinski definition) is 2. The molecule has 4 heteroatoms. The minimum Gasteiger partial charge on any atom is -0.337 e. The molecule has 2 rings (SSSR count). The summed E-state index contributed by atoms with van der Waals surface area (Å²) in [6.45, 7) is 5.05. The highest BCUT2D eigenvalue weighted by molar-refractivity contribution is 6.30. The third kappa shape index (κ3) is 4.17. The van der Waals surface area contributed by atoms with Crippen molar-refractivity contribution in [3.05, 3.63) is 53.6 Å². The van der Waals surface area contributed by atoms with Crippen molar-refractivity contribution in [2.45, 2.75) is 20.0 Å². The summed E-state index contributed by atoms with van der Waals surface area (Å²) in [6.07, 6.45) is 5.66. The summed E-state index contributed by atoms with van der Waals surface area (Å²) in [5, 5.41) is 4.24. The standard InChI is InChI=1S/C14H18ClN3/c1-12(10-18-6-5-16-11-18)8-17-9-13-3-2-4-14(15)7-13/h2-7,11-12,17H,8-10H2,1H3. The fourth-order valence-electron chi connectivity index (χ4n) is 1.93. The van der Waals surface area contributed by atoms with Crippen LogP contribution in [0.25, 0.3) is 0 Å². The molecule has 0 fully saturated rings. The highest BCUT2D eigenvalue weighted by Gasteiger charge is 2.02. The van der Waals surface area contributed by atoms with Crippen LogP contribution in [0.5, 0.6) is 0 Å². The van der Waals surface area contributed by atoms with E-state index in [1.807, 2.05) is 36.9 Å². The van der Waals surface area contributed by atoms with E-state index >= 15 is 0 Å². The van der Waals surface area contributed by atoms with E-state index in [4.69, 9.17) is 11.6 Å². The average Bonchev–Trinajstić information content (AvgIpc) is 2.82. The van der Waals surface area contributed by atoms with Crippen molar-refractivity contribution in [3.8, 4) is 0 Å². The number of nitrogens with zero attached hydrogens (tertiary/aromatic N) is 2. The summed E-state index contributed by atoms with van der Waals surface area (Å²) in [6, 6.07) is 7.95. The Hall–Kier alpha value is -1.32. The highest BCUT2D eigenvalue weighted by atomic mass is 35.5. The molecular weight excluding hydrogens is 246 g/mol. The quantitative estimate of drug-likeness (QED) is 0.868. The molecule has 0 saturated heterocycles. The van der Waals surface area contributed by atoms with Gasteiger partial charge >= 0.3 is 0 Å². The maximum Gasteiger partial charge on any atom is 0.0946 e. The molecule has 0 bridgehead atoms. The summed E-state index contributed by atoms with van der Waals surface area (Å²) < 4.78 is 2.10. The van der Waals surface area contributed by atoms with Gasteiger partial charge in [-0.3, -0.25) is 0 Å². The van der Waals surface area contributed by atoms with Gasteiger partial charge in [0.25, 0.3) is 0 Å². The monoisotopic (exact) mass is 263 g/mol. The molecule has 0 radical (unpaired) electrons. The van der Waals surface area contributed by atoms with Gasteiger partial charge in [0.1, 0.15) is 0 Å². The Balaban J connectivity index is 1.72. The molecule has 0 spiro atoms. The topological polar surface area (TPSA) is 29.9 Å². The van der Waals surface area contributed by atoms with Crippen molar-refractivity contribution in [1.82, 2.24) is 14.9 Å². The molecule has 1 atom stereocenters. The van der Waals surface area contributed by atoms with Gasteiger partial charge in [-0.25, -0.2) is 4.98 Å². The second-order valence-electron chi connectivity index (χ2n) is 4.63. The van der Waals surface area contributed by atoms with E-state index in [1.54, 1.807) is 0 Å². The van der Waals surface area contributed by atoms with E-state index in [1.165, 1.54) is 5.56 Å². The van der Waals surface area contributed by atoms with Crippen LogP contribution in [0, 0.1) is 5.92 Å². The fourth-order valence-corrected chi connectivity index (χ4v) is 2.14. The number of hydrogen-bond donors (Lipinski definition) is 1. The average molecular weight is 264 g/mol. The van der Waals surface area contributed by atoms with Crippen LogP contribution in [0.15, 0.2) is 43.0 Å². The fraction of sp³-hybridized carbons (Fsp3) is 0.357. The highest BCUT2D eigenvalue weighted by Crippen LogP contribution is 2.10. The Labute approximate surface area is 113 Å². The molecule has 0 aliphatic rings. The van der Waals surface area contributed by atoms with Crippen LogP contribution in [-0.4, -0.2) is 16.1 Å². The van der Waals surface area contributed by atoms with Gasteiger partial charge in [-0.1, -0.05) is 30.7 Å². The minimum atomic E-state index is 0.568. The van der Waals surface area contributed by atoms with Gasteiger partial charge in [0.15, 0.2) is 0 Å². The molecule has 1 unspecified atom stereocenters. The first-order valence-electron chi connectivity index (χ1n) is 6.15. The van der Waals surface area contributed by atoms with Crippen molar-refractivity contribution >= 4 is 11.6 Å². The van der Waals surface area contributed by atoms with Gasteiger partial charge in [-0.15, -0.1) is 0 Å². The van der Waals surface area contributed by atoms with E-state index in [2.05, 4.69) is 27.9 Å². The van der Waals surface area contributed by atoms with Crippen LogP contribution >= 0.6 is 11.6 Å². The SMILES string of the molecule is CC(CNCc1cccc(Cl)c1)Cn1ccnc1. The second-order valence-corrected chi connectivity index (χ2v) is 5.06. The predicted octanol–water partition coefficient (Wildman–Crippen LogP) is 2.96. The molecule has 1 heterocycles. The van der Waals surface area contributed by atoms with Crippen molar-refractivity contribution in [2.24, 2.45) is 5.92 Å². The lowest BCUT2D eigenvalue weighted by Gasteiger charge is -2.13. The molecule has 1 N–H and O–H groups in total. The van der Waals surface area contributed by atoms with Crippen LogP contribution in [0.4, 0.5) is 0 Å². The molecule has 96 valence electrons. The van der Waals surface area contributed by atoms with E-state index in [0.29, 0.717) is 5.92 Å². The van der Waals surface area contributed by atoms with Gasteiger partial charge < -0.3 is 9.88 Å². The van der Waals surface area contributed by atoms with Gasteiger partial charge in [-0.2, -0.15) is 0 Å². The Kier molecular flexibility index (Phi) is 4.79. The van der Waals surface area contributed by atoms with E-state index in [9.17, 15) is 0 Å². The maximum atomic E-state index is 5.94. The van der Waals surface area contributed by atoms with Crippen molar-refractivity contribution < 1.29 is 0 Å². The zero-order valence-corrected chi connectivity index (χ0v) is 11.3. The molecular formula is C14H18ClN3. The lowest BCUT2D eigenvalue weighted by atomic mass is 10.1. The molecule has 0 aliphatic carbocycles. The Morgan fingerprint density at radius 1 is 1.44 bits per heavy atom. The van der Waals surface area contributed by atoms with Gasteiger partial charge in [0.2, 0.25) is 0 Å². The zero-order chi connectivity index (χ0) is 12.8. The molecule has 0 saturated carbocycles. The van der Waals surface area contributed by atoms with E-state index in [-0.39, 0.29) is 0 Å². The third-order valence-electron chi connectivity index (χ3n) is 2.79. The summed E-state index contributed by atoms with van der Waals surface area (Å²) in [5.41, 5.74) is 1.22. The Bertz CT molecular complexity index is 468. The maximum absolute atomic E-state index is 5.94. The first-order valence-corrected chi connectivity index (χ1v) is 6.53. The number of aromatic nitrogens is 2. The van der Waals surface area contributed by atoms with Crippen molar-refractivity contribution in [1.29, 1.82) is 0 Å². The normalized spacial score (nSPS) is 12.6. The summed E-state index contributed by atoms with van der Waals surface area (Å²) in [5.74, 6) is 0.568. The van der Waals surface area contributed by atoms with Gasteiger partial charge in [0, 0.05) is 30.5 Å². The number of nitrogens with one attached hydrogen (secondary N) is 1. The first kappa shape index (κ1) is 13.1.